The first-order chi connectivity index (χ1) is 15.6. The third-order valence-corrected chi connectivity index (χ3v) is 5.89. The average Bonchev–Trinajstić information content (AvgIpc) is 3.43. The number of halogens is 1. The van der Waals surface area contributed by atoms with Gasteiger partial charge in [-0.05, 0) is 42.0 Å². The van der Waals surface area contributed by atoms with E-state index in [0.29, 0.717) is 35.7 Å². The standard InChI is InChI=1S/C25H22FN3O3/c26-19-10-8-18(9-11-19)22-23(25(31)29(24(22)30)17-21-7-4-16-32-21)28-14-12-27(13-15-28)20-5-2-1-3-6-20/h1-11,16H,12-15,17H2. The molecule has 0 radical (unpaired) electrons. The number of para-hydroxylation sites is 1. The summed E-state index contributed by atoms with van der Waals surface area (Å²) in [5, 5.41) is 0. The van der Waals surface area contributed by atoms with Gasteiger partial charge >= 0.3 is 0 Å². The number of furan rings is 1. The number of nitrogens with zero attached hydrogens (tertiary/aromatic N) is 3. The van der Waals surface area contributed by atoms with Crippen molar-refractivity contribution in [3.63, 3.8) is 0 Å². The summed E-state index contributed by atoms with van der Waals surface area (Å²) < 4.78 is 18.9. The lowest BCUT2D eigenvalue weighted by atomic mass is 10.0. The molecule has 1 aromatic heterocycles. The minimum absolute atomic E-state index is 0.0584. The van der Waals surface area contributed by atoms with Crippen molar-refractivity contribution < 1.29 is 18.4 Å². The van der Waals surface area contributed by atoms with E-state index in [2.05, 4.69) is 17.0 Å². The van der Waals surface area contributed by atoms with Gasteiger partial charge in [0, 0.05) is 31.9 Å². The highest BCUT2D eigenvalue weighted by Gasteiger charge is 2.42. The molecule has 2 aliphatic heterocycles. The van der Waals surface area contributed by atoms with Gasteiger partial charge in [-0.2, -0.15) is 0 Å². The summed E-state index contributed by atoms with van der Waals surface area (Å²) in [7, 11) is 0. The van der Waals surface area contributed by atoms with E-state index in [1.807, 2.05) is 23.1 Å². The lowest BCUT2D eigenvalue weighted by Gasteiger charge is -2.37. The minimum atomic E-state index is -0.392. The van der Waals surface area contributed by atoms with E-state index in [0.717, 1.165) is 18.8 Å². The summed E-state index contributed by atoms with van der Waals surface area (Å²) in [6.07, 6.45) is 1.51. The largest absolute Gasteiger partial charge is 0.467 e. The number of rotatable bonds is 5. The predicted octanol–water partition coefficient (Wildman–Crippen LogP) is 3.52. The summed E-state index contributed by atoms with van der Waals surface area (Å²) in [5.74, 6) is -0.603. The van der Waals surface area contributed by atoms with Gasteiger partial charge in [-0.1, -0.05) is 30.3 Å². The van der Waals surface area contributed by atoms with Gasteiger partial charge in [-0.15, -0.1) is 0 Å². The lowest BCUT2D eigenvalue weighted by molar-refractivity contribution is -0.138. The normalized spacial score (nSPS) is 17.0. The number of carbonyl (C=O) groups is 2. The van der Waals surface area contributed by atoms with E-state index in [1.165, 1.54) is 23.3 Å². The highest BCUT2D eigenvalue weighted by molar-refractivity contribution is 6.35. The predicted molar refractivity (Wildman–Crippen MR) is 118 cm³/mol. The number of benzene rings is 2. The highest BCUT2D eigenvalue weighted by atomic mass is 19.1. The van der Waals surface area contributed by atoms with Crippen molar-refractivity contribution in [3.8, 4) is 0 Å². The van der Waals surface area contributed by atoms with E-state index < -0.39 is 11.7 Å². The molecular weight excluding hydrogens is 409 g/mol. The van der Waals surface area contributed by atoms with Crippen molar-refractivity contribution in [2.24, 2.45) is 0 Å². The summed E-state index contributed by atoms with van der Waals surface area (Å²) in [4.78, 5) is 32.2. The molecule has 0 aliphatic carbocycles. The van der Waals surface area contributed by atoms with E-state index in [9.17, 15) is 14.0 Å². The van der Waals surface area contributed by atoms with Gasteiger partial charge in [-0.25, -0.2) is 4.39 Å². The van der Waals surface area contributed by atoms with Gasteiger partial charge < -0.3 is 14.2 Å². The van der Waals surface area contributed by atoms with Crippen LogP contribution in [0.2, 0.25) is 0 Å². The Bertz CT molecular complexity index is 1150. The van der Waals surface area contributed by atoms with Gasteiger partial charge in [0.05, 0.1) is 18.4 Å². The maximum absolute atomic E-state index is 13.5. The number of imide groups is 1. The molecule has 0 N–H and O–H groups in total. The lowest BCUT2D eigenvalue weighted by Crippen LogP contribution is -2.47. The van der Waals surface area contributed by atoms with Crippen LogP contribution in [0, 0.1) is 5.82 Å². The molecule has 162 valence electrons. The monoisotopic (exact) mass is 431 g/mol. The Balaban J connectivity index is 1.45. The topological polar surface area (TPSA) is 57.0 Å². The number of hydrogen-bond donors (Lipinski definition) is 0. The number of hydrogen-bond acceptors (Lipinski definition) is 5. The van der Waals surface area contributed by atoms with Gasteiger partial charge in [0.25, 0.3) is 11.8 Å². The van der Waals surface area contributed by atoms with Crippen LogP contribution >= 0.6 is 0 Å². The molecule has 3 aromatic rings. The van der Waals surface area contributed by atoms with Gasteiger partial charge in [0.15, 0.2) is 0 Å². The van der Waals surface area contributed by atoms with Gasteiger partial charge in [0.2, 0.25) is 0 Å². The van der Waals surface area contributed by atoms with Crippen LogP contribution in [0.5, 0.6) is 0 Å². The maximum atomic E-state index is 13.5. The molecule has 2 aromatic carbocycles. The van der Waals surface area contributed by atoms with Crippen LogP contribution in [0.1, 0.15) is 11.3 Å². The number of anilines is 1. The van der Waals surface area contributed by atoms with Crippen LogP contribution in [-0.2, 0) is 16.1 Å². The first-order valence-electron chi connectivity index (χ1n) is 10.6. The third-order valence-electron chi connectivity index (χ3n) is 5.89. The SMILES string of the molecule is O=C1C(c2ccc(F)cc2)=C(N2CCN(c3ccccc3)CC2)C(=O)N1Cc1ccco1. The van der Waals surface area contributed by atoms with Crippen molar-refractivity contribution in [2.45, 2.75) is 6.54 Å². The van der Waals surface area contributed by atoms with E-state index in [1.54, 1.807) is 24.3 Å². The number of amides is 2. The third kappa shape index (κ3) is 3.66. The molecule has 0 atom stereocenters. The van der Waals surface area contributed by atoms with Crippen molar-refractivity contribution in [1.82, 2.24) is 9.80 Å². The second-order valence-electron chi connectivity index (χ2n) is 7.82. The first kappa shape index (κ1) is 20.1. The van der Waals surface area contributed by atoms with Crippen molar-refractivity contribution >= 4 is 23.1 Å². The summed E-state index contributed by atoms with van der Waals surface area (Å²) in [6.45, 7) is 2.71. The zero-order valence-corrected chi connectivity index (χ0v) is 17.4. The Hall–Kier alpha value is -3.87. The van der Waals surface area contributed by atoms with Gasteiger partial charge in [-0.3, -0.25) is 14.5 Å². The number of carbonyl (C=O) groups excluding carboxylic acids is 2. The van der Waals surface area contributed by atoms with E-state index in [4.69, 9.17) is 4.42 Å². The summed E-state index contributed by atoms with van der Waals surface area (Å²) >= 11 is 0. The molecule has 0 spiro atoms. The molecule has 2 amide bonds. The average molecular weight is 431 g/mol. The highest BCUT2D eigenvalue weighted by Crippen LogP contribution is 2.33. The van der Waals surface area contributed by atoms with Crippen LogP contribution in [-0.4, -0.2) is 47.8 Å². The Morgan fingerprint density at radius 2 is 1.47 bits per heavy atom. The summed E-state index contributed by atoms with van der Waals surface area (Å²) in [5.41, 5.74) is 2.36. The molecule has 7 heteroatoms. The zero-order chi connectivity index (χ0) is 22.1. The molecule has 3 heterocycles. The molecule has 0 unspecified atom stereocenters. The Morgan fingerprint density at radius 1 is 0.781 bits per heavy atom. The second-order valence-corrected chi connectivity index (χ2v) is 7.82. The fraction of sp³-hybridized carbons (Fsp3) is 0.200. The van der Waals surface area contributed by atoms with Crippen LogP contribution in [0.4, 0.5) is 10.1 Å². The molecule has 5 rings (SSSR count). The molecule has 0 bridgehead atoms. The molecule has 6 nitrogen and oxygen atoms in total. The fourth-order valence-electron chi connectivity index (χ4n) is 4.26. The smallest absolute Gasteiger partial charge is 0.278 e. The first-order valence-corrected chi connectivity index (χ1v) is 10.6. The Morgan fingerprint density at radius 3 is 2.12 bits per heavy atom. The minimum Gasteiger partial charge on any atom is -0.467 e. The maximum Gasteiger partial charge on any atom is 0.278 e. The number of piperazine rings is 1. The van der Waals surface area contributed by atoms with Crippen molar-refractivity contribution in [3.05, 3.63) is 95.8 Å². The van der Waals surface area contributed by atoms with E-state index >= 15 is 0 Å². The zero-order valence-electron chi connectivity index (χ0n) is 17.4. The van der Waals surface area contributed by atoms with Crippen LogP contribution in [0.25, 0.3) is 5.57 Å². The molecule has 2 aliphatic rings. The van der Waals surface area contributed by atoms with Crippen molar-refractivity contribution in [2.75, 3.05) is 31.1 Å². The quantitative estimate of drug-likeness (QED) is 0.579. The molecule has 1 fully saturated rings. The summed E-state index contributed by atoms with van der Waals surface area (Å²) in [6, 6.07) is 19.3. The Kier molecular flexibility index (Phi) is 5.23. The molecular formula is C25H22FN3O3. The Labute approximate surface area is 185 Å². The molecule has 0 saturated carbocycles. The van der Waals surface area contributed by atoms with E-state index in [-0.39, 0.29) is 12.5 Å². The van der Waals surface area contributed by atoms with Crippen LogP contribution in [0.15, 0.2) is 83.1 Å². The molecule has 1 saturated heterocycles. The molecule has 32 heavy (non-hydrogen) atoms. The fourth-order valence-corrected chi connectivity index (χ4v) is 4.26. The van der Waals surface area contributed by atoms with Gasteiger partial charge in [0.1, 0.15) is 17.3 Å². The van der Waals surface area contributed by atoms with Crippen molar-refractivity contribution in [1.29, 1.82) is 0 Å². The van der Waals surface area contributed by atoms with Crippen LogP contribution < -0.4 is 4.90 Å². The van der Waals surface area contributed by atoms with Crippen LogP contribution in [0.3, 0.4) is 0 Å². The second kappa shape index (κ2) is 8.34.